The molecular formula is C9H17F3N2. The highest BCUT2D eigenvalue weighted by molar-refractivity contribution is 4.76. The first-order chi connectivity index (χ1) is 6.54. The molecule has 1 rings (SSSR count). The largest absolute Gasteiger partial charge is 0.459 e. The summed E-state index contributed by atoms with van der Waals surface area (Å²) in [6.07, 6.45) is -1.22. The van der Waals surface area contributed by atoms with Crippen LogP contribution in [0.15, 0.2) is 0 Å². The van der Waals surface area contributed by atoms with Gasteiger partial charge >= 0.3 is 6.30 Å². The summed E-state index contributed by atoms with van der Waals surface area (Å²) in [5, 5.41) is 3.11. The van der Waals surface area contributed by atoms with Crippen LogP contribution in [0.3, 0.4) is 0 Å². The summed E-state index contributed by atoms with van der Waals surface area (Å²) in [5.74, 6) is 0. The first kappa shape index (κ1) is 11.8. The number of likely N-dealkylation sites (N-methyl/N-ethyl adjacent to an activating group) is 1. The number of halogens is 3. The van der Waals surface area contributed by atoms with Crippen LogP contribution in [0, 0.1) is 0 Å². The maximum atomic E-state index is 12.4. The molecule has 1 aliphatic rings. The highest BCUT2D eigenvalue weighted by Gasteiger charge is 2.37. The van der Waals surface area contributed by atoms with Crippen molar-refractivity contribution in [1.82, 2.24) is 10.2 Å². The molecule has 0 saturated carbocycles. The Bertz CT molecular complexity index is 164. The third-order valence-electron chi connectivity index (χ3n) is 2.59. The molecule has 84 valence electrons. The van der Waals surface area contributed by atoms with Crippen molar-refractivity contribution >= 4 is 0 Å². The second-order valence-electron chi connectivity index (χ2n) is 3.65. The van der Waals surface area contributed by atoms with Gasteiger partial charge in [-0.25, -0.2) is 4.90 Å². The molecule has 0 aliphatic carbocycles. The van der Waals surface area contributed by atoms with Gasteiger partial charge in [0.2, 0.25) is 0 Å². The van der Waals surface area contributed by atoms with Crippen LogP contribution >= 0.6 is 0 Å². The van der Waals surface area contributed by atoms with Crippen LogP contribution < -0.4 is 5.32 Å². The van der Waals surface area contributed by atoms with Crippen molar-refractivity contribution < 1.29 is 13.2 Å². The molecule has 1 N–H and O–H groups in total. The predicted octanol–water partition coefficient (Wildman–Crippen LogP) is 1.97. The lowest BCUT2D eigenvalue weighted by Crippen LogP contribution is -2.48. The Labute approximate surface area is 82.5 Å². The molecule has 14 heavy (non-hydrogen) atoms. The molecule has 0 unspecified atom stereocenters. The number of hydrogen-bond donors (Lipinski definition) is 1. The van der Waals surface area contributed by atoms with E-state index in [1.807, 2.05) is 0 Å². The smallest absolute Gasteiger partial charge is 0.313 e. The quantitative estimate of drug-likeness (QED) is 0.716. The van der Waals surface area contributed by atoms with E-state index in [1.54, 1.807) is 0 Å². The van der Waals surface area contributed by atoms with Crippen LogP contribution in [0.4, 0.5) is 13.2 Å². The van der Waals surface area contributed by atoms with Crippen LogP contribution in [0.25, 0.3) is 0 Å². The molecule has 5 heteroatoms. The fraction of sp³-hybridized carbons (Fsp3) is 1.00. The van der Waals surface area contributed by atoms with Gasteiger partial charge in [-0.1, -0.05) is 13.3 Å². The minimum absolute atomic E-state index is 0.00493. The molecular weight excluding hydrogens is 193 g/mol. The van der Waals surface area contributed by atoms with Crippen LogP contribution in [-0.4, -0.2) is 36.9 Å². The molecule has 0 aromatic heterocycles. The van der Waals surface area contributed by atoms with E-state index in [2.05, 4.69) is 5.32 Å². The molecule has 0 aromatic carbocycles. The number of nitrogens with zero attached hydrogens (tertiary/aromatic N) is 1. The van der Waals surface area contributed by atoms with Gasteiger partial charge in [-0.05, 0) is 19.4 Å². The Morgan fingerprint density at radius 3 is 2.50 bits per heavy atom. The Kier molecular flexibility index (Phi) is 4.19. The standard InChI is InChI=1S/C9H17F3N2/c1-2-14(9(10,11)12)7-8-5-3-4-6-13-8/h8,13H,2-7H2,1H3/t8-/m1/s1. The van der Waals surface area contributed by atoms with E-state index in [0.29, 0.717) is 4.90 Å². The van der Waals surface area contributed by atoms with Crippen molar-refractivity contribution in [2.24, 2.45) is 0 Å². The van der Waals surface area contributed by atoms with Gasteiger partial charge in [0.05, 0.1) is 0 Å². The lowest BCUT2D eigenvalue weighted by atomic mass is 10.0. The summed E-state index contributed by atoms with van der Waals surface area (Å²) >= 11 is 0. The summed E-state index contributed by atoms with van der Waals surface area (Å²) < 4.78 is 37.1. The summed E-state index contributed by atoms with van der Waals surface area (Å²) in [7, 11) is 0. The van der Waals surface area contributed by atoms with Crippen LogP contribution in [0.2, 0.25) is 0 Å². The molecule has 1 fully saturated rings. The van der Waals surface area contributed by atoms with Gasteiger partial charge in [0.25, 0.3) is 0 Å². The highest BCUT2D eigenvalue weighted by atomic mass is 19.4. The van der Waals surface area contributed by atoms with E-state index in [4.69, 9.17) is 0 Å². The van der Waals surface area contributed by atoms with E-state index in [9.17, 15) is 13.2 Å². The Morgan fingerprint density at radius 1 is 1.36 bits per heavy atom. The number of hydrogen-bond acceptors (Lipinski definition) is 2. The van der Waals surface area contributed by atoms with E-state index in [1.165, 1.54) is 6.92 Å². The third-order valence-corrected chi connectivity index (χ3v) is 2.59. The van der Waals surface area contributed by atoms with Gasteiger partial charge in [-0.3, -0.25) is 0 Å². The number of nitrogens with one attached hydrogen (secondary N) is 1. The monoisotopic (exact) mass is 210 g/mol. The van der Waals surface area contributed by atoms with E-state index < -0.39 is 6.30 Å². The van der Waals surface area contributed by atoms with Crippen LogP contribution in [-0.2, 0) is 0 Å². The summed E-state index contributed by atoms with van der Waals surface area (Å²) in [6.45, 7) is 2.50. The van der Waals surface area contributed by atoms with E-state index in [0.717, 1.165) is 25.8 Å². The molecule has 0 radical (unpaired) electrons. The molecule has 0 amide bonds. The Morgan fingerprint density at radius 2 is 2.07 bits per heavy atom. The molecule has 1 atom stereocenters. The molecule has 2 nitrogen and oxygen atoms in total. The zero-order chi connectivity index (χ0) is 10.6. The van der Waals surface area contributed by atoms with Crippen molar-refractivity contribution in [2.45, 2.75) is 38.5 Å². The minimum atomic E-state index is -4.19. The summed E-state index contributed by atoms with van der Waals surface area (Å²) in [6, 6.07) is 0.00493. The fourth-order valence-electron chi connectivity index (χ4n) is 1.76. The molecule has 0 aromatic rings. The van der Waals surface area contributed by atoms with Gasteiger partial charge in [-0.2, -0.15) is 13.2 Å². The number of rotatable bonds is 3. The van der Waals surface area contributed by atoms with Crippen molar-refractivity contribution in [3.8, 4) is 0 Å². The first-order valence-corrected chi connectivity index (χ1v) is 5.09. The molecule has 0 spiro atoms. The summed E-state index contributed by atoms with van der Waals surface area (Å²) in [5.41, 5.74) is 0. The van der Waals surface area contributed by atoms with Crippen LogP contribution in [0.5, 0.6) is 0 Å². The van der Waals surface area contributed by atoms with Gasteiger partial charge in [-0.15, -0.1) is 0 Å². The zero-order valence-electron chi connectivity index (χ0n) is 8.40. The van der Waals surface area contributed by atoms with Gasteiger partial charge in [0.15, 0.2) is 0 Å². The lowest BCUT2D eigenvalue weighted by Gasteiger charge is -2.30. The van der Waals surface area contributed by atoms with Gasteiger partial charge in [0.1, 0.15) is 0 Å². The fourth-order valence-corrected chi connectivity index (χ4v) is 1.76. The molecule has 1 saturated heterocycles. The second-order valence-corrected chi connectivity index (χ2v) is 3.65. The molecule has 1 heterocycles. The Hall–Kier alpha value is -0.290. The maximum Gasteiger partial charge on any atom is 0.459 e. The van der Waals surface area contributed by atoms with Crippen molar-refractivity contribution in [1.29, 1.82) is 0 Å². The molecule has 1 aliphatic heterocycles. The average molecular weight is 210 g/mol. The highest BCUT2D eigenvalue weighted by Crippen LogP contribution is 2.22. The van der Waals surface area contributed by atoms with Crippen molar-refractivity contribution in [3.63, 3.8) is 0 Å². The van der Waals surface area contributed by atoms with E-state index in [-0.39, 0.29) is 19.1 Å². The normalized spacial score (nSPS) is 24.2. The zero-order valence-corrected chi connectivity index (χ0v) is 8.40. The number of piperidine rings is 1. The third kappa shape index (κ3) is 3.46. The molecule has 0 bridgehead atoms. The first-order valence-electron chi connectivity index (χ1n) is 5.09. The maximum absolute atomic E-state index is 12.4. The van der Waals surface area contributed by atoms with Gasteiger partial charge in [0, 0.05) is 19.1 Å². The average Bonchev–Trinajstić information content (AvgIpc) is 2.14. The predicted molar refractivity (Wildman–Crippen MR) is 48.9 cm³/mol. The van der Waals surface area contributed by atoms with E-state index >= 15 is 0 Å². The minimum Gasteiger partial charge on any atom is -0.313 e. The topological polar surface area (TPSA) is 15.3 Å². The van der Waals surface area contributed by atoms with Crippen molar-refractivity contribution in [2.75, 3.05) is 19.6 Å². The Balaban J connectivity index is 2.39. The second kappa shape index (κ2) is 4.98. The van der Waals surface area contributed by atoms with Gasteiger partial charge < -0.3 is 5.32 Å². The number of alkyl halides is 3. The van der Waals surface area contributed by atoms with Crippen LogP contribution in [0.1, 0.15) is 26.2 Å². The lowest BCUT2D eigenvalue weighted by molar-refractivity contribution is -0.245. The SMILES string of the molecule is CCN(C[C@H]1CCCCN1)C(F)(F)F. The van der Waals surface area contributed by atoms with Crippen molar-refractivity contribution in [3.05, 3.63) is 0 Å². The summed E-state index contributed by atoms with van der Waals surface area (Å²) in [4.78, 5) is 0.565.